The van der Waals surface area contributed by atoms with Gasteiger partial charge in [0, 0.05) is 11.1 Å². The minimum Gasteiger partial charge on any atom is -0.503 e. The van der Waals surface area contributed by atoms with Crippen molar-refractivity contribution in [3.63, 3.8) is 0 Å². The van der Waals surface area contributed by atoms with E-state index in [0.29, 0.717) is 10.2 Å². The number of nitrogens with zero attached hydrogens (tertiary/aromatic N) is 2. The van der Waals surface area contributed by atoms with E-state index >= 15 is 0 Å². The lowest BCUT2D eigenvalue weighted by Gasteiger charge is -2.08. The predicted octanol–water partition coefficient (Wildman–Crippen LogP) is 4.47. The van der Waals surface area contributed by atoms with E-state index in [4.69, 9.17) is 4.74 Å². The molecule has 5 nitrogen and oxygen atoms in total. The molecule has 0 amide bonds. The number of pyridine rings is 1. The fourth-order valence-corrected chi connectivity index (χ4v) is 2.86. The van der Waals surface area contributed by atoms with Crippen molar-refractivity contribution < 1.29 is 9.84 Å². The highest BCUT2D eigenvalue weighted by Gasteiger charge is 2.07. The zero-order valence-electron chi connectivity index (χ0n) is 13.2. The molecule has 3 aromatic rings. The monoisotopic (exact) mass is 385 g/mol. The minimum absolute atomic E-state index is 0.0679. The van der Waals surface area contributed by atoms with E-state index in [1.165, 1.54) is 7.11 Å². The zero-order valence-corrected chi connectivity index (χ0v) is 14.8. The number of ether oxygens (including phenoxy) is 1. The molecular formula is C18H16BrN3O2. The molecule has 0 saturated carbocycles. The molecule has 2 aromatic carbocycles. The average Bonchev–Trinajstić information content (AvgIpc) is 2.57. The first-order valence-corrected chi connectivity index (χ1v) is 8.10. The van der Waals surface area contributed by atoms with E-state index < -0.39 is 0 Å². The van der Waals surface area contributed by atoms with E-state index in [1.54, 1.807) is 18.3 Å². The first-order valence-electron chi connectivity index (χ1n) is 7.30. The van der Waals surface area contributed by atoms with E-state index in [2.05, 4.69) is 31.4 Å². The molecule has 0 saturated heterocycles. The second kappa shape index (κ2) is 6.88. The number of fused-ring (bicyclic) bond motifs is 1. The molecule has 0 fully saturated rings. The number of para-hydroxylation sites is 1. The summed E-state index contributed by atoms with van der Waals surface area (Å²) >= 11 is 3.30. The van der Waals surface area contributed by atoms with E-state index in [1.807, 2.05) is 37.3 Å². The number of rotatable bonds is 4. The van der Waals surface area contributed by atoms with Gasteiger partial charge in [-0.05, 0) is 52.7 Å². The maximum Gasteiger partial charge on any atom is 0.172 e. The van der Waals surface area contributed by atoms with Crippen molar-refractivity contribution in [1.29, 1.82) is 0 Å². The quantitative estimate of drug-likeness (QED) is 0.513. The molecule has 0 aliphatic carbocycles. The third-order valence-electron chi connectivity index (χ3n) is 3.51. The lowest BCUT2D eigenvalue weighted by Crippen LogP contribution is -1.95. The van der Waals surface area contributed by atoms with Gasteiger partial charge in [0.15, 0.2) is 11.5 Å². The Labute approximate surface area is 148 Å². The Morgan fingerprint density at radius 3 is 2.83 bits per heavy atom. The van der Waals surface area contributed by atoms with Crippen molar-refractivity contribution >= 4 is 38.7 Å². The number of aromatic hydroxyl groups is 1. The Hall–Kier alpha value is -2.60. The highest BCUT2D eigenvalue weighted by Crippen LogP contribution is 2.34. The molecule has 0 bridgehead atoms. The van der Waals surface area contributed by atoms with Crippen LogP contribution >= 0.6 is 15.9 Å². The van der Waals surface area contributed by atoms with Crippen molar-refractivity contribution in [2.24, 2.45) is 5.10 Å². The number of aromatic nitrogens is 1. The Morgan fingerprint density at radius 2 is 2.04 bits per heavy atom. The summed E-state index contributed by atoms with van der Waals surface area (Å²) in [6, 6.07) is 13.3. The average molecular weight is 386 g/mol. The summed E-state index contributed by atoms with van der Waals surface area (Å²) in [5.74, 6) is 0.453. The van der Waals surface area contributed by atoms with Crippen LogP contribution in [0.2, 0.25) is 0 Å². The SMILES string of the molecule is COc1cc(/C=N/Nc2cc(C)nc3ccccc23)cc(Br)c1O. The van der Waals surface area contributed by atoms with Crippen molar-refractivity contribution in [1.82, 2.24) is 4.98 Å². The largest absolute Gasteiger partial charge is 0.503 e. The van der Waals surface area contributed by atoms with E-state index in [0.717, 1.165) is 27.8 Å². The molecule has 0 aliphatic rings. The smallest absolute Gasteiger partial charge is 0.172 e. The normalized spacial score (nSPS) is 11.1. The molecule has 0 unspecified atom stereocenters. The Bertz CT molecular complexity index is 926. The fourth-order valence-electron chi connectivity index (χ4n) is 2.40. The van der Waals surface area contributed by atoms with Gasteiger partial charge in [-0.2, -0.15) is 5.10 Å². The number of methoxy groups -OCH3 is 1. The Morgan fingerprint density at radius 1 is 1.25 bits per heavy atom. The number of hydrogen-bond donors (Lipinski definition) is 2. The predicted molar refractivity (Wildman–Crippen MR) is 100 cm³/mol. The molecule has 6 heteroatoms. The number of halogens is 1. The van der Waals surface area contributed by atoms with Gasteiger partial charge in [-0.3, -0.25) is 10.4 Å². The first-order chi connectivity index (χ1) is 11.6. The minimum atomic E-state index is 0.0679. The number of hydrogen-bond acceptors (Lipinski definition) is 5. The zero-order chi connectivity index (χ0) is 17.1. The molecule has 0 radical (unpaired) electrons. The molecule has 0 atom stereocenters. The van der Waals surface area contributed by atoms with Gasteiger partial charge in [-0.1, -0.05) is 18.2 Å². The second-order valence-electron chi connectivity index (χ2n) is 5.25. The number of hydrazone groups is 1. The summed E-state index contributed by atoms with van der Waals surface area (Å²) in [7, 11) is 1.51. The van der Waals surface area contributed by atoms with Gasteiger partial charge in [-0.15, -0.1) is 0 Å². The van der Waals surface area contributed by atoms with Crippen molar-refractivity contribution in [2.75, 3.05) is 12.5 Å². The molecule has 122 valence electrons. The van der Waals surface area contributed by atoms with Crippen LogP contribution in [0, 0.1) is 6.92 Å². The second-order valence-corrected chi connectivity index (χ2v) is 6.11. The lowest BCUT2D eigenvalue weighted by molar-refractivity contribution is 0.372. The maximum absolute atomic E-state index is 9.84. The summed E-state index contributed by atoms with van der Waals surface area (Å²) in [6.45, 7) is 1.95. The van der Waals surface area contributed by atoms with Gasteiger partial charge >= 0.3 is 0 Å². The van der Waals surface area contributed by atoms with Crippen molar-refractivity contribution in [3.05, 3.63) is 58.2 Å². The molecule has 3 rings (SSSR count). The number of nitrogens with one attached hydrogen (secondary N) is 1. The van der Waals surface area contributed by atoms with Crippen LogP contribution in [0.15, 0.2) is 52.0 Å². The summed E-state index contributed by atoms with van der Waals surface area (Å²) in [5.41, 5.74) is 6.58. The third-order valence-corrected chi connectivity index (χ3v) is 4.12. The standard InChI is InChI=1S/C18H16BrN3O2/c1-11-7-16(13-5-3-4-6-15(13)21-11)22-20-10-12-8-14(19)18(23)17(9-12)24-2/h3-10,23H,1-2H3,(H,21,22)/b20-10+. The van der Waals surface area contributed by atoms with Gasteiger partial charge < -0.3 is 9.84 Å². The van der Waals surface area contributed by atoms with Crippen molar-refractivity contribution in [3.8, 4) is 11.5 Å². The summed E-state index contributed by atoms with van der Waals surface area (Å²) in [5, 5.41) is 15.1. The topological polar surface area (TPSA) is 66.7 Å². The molecule has 2 N–H and O–H groups in total. The molecule has 0 aliphatic heterocycles. The molecule has 24 heavy (non-hydrogen) atoms. The number of anilines is 1. The molecular weight excluding hydrogens is 370 g/mol. The molecule has 0 spiro atoms. The van der Waals surface area contributed by atoms with Gasteiger partial charge in [-0.25, -0.2) is 0 Å². The Kier molecular flexibility index (Phi) is 4.66. The lowest BCUT2D eigenvalue weighted by atomic mass is 10.1. The van der Waals surface area contributed by atoms with Crippen LogP contribution in [0.3, 0.4) is 0 Å². The van der Waals surface area contributed by atoms with Gasteiger partial charge in [0.2, 0.25) is 0 Å². The van der Waals surface area contributed by atoms with Crippen LogP contribution in [-0.2, 0) is 0 Å². The van der Waals surface area contributed by atoms with Crippen LogP contribution < -0.4 is 10.2 Å². The molecule has 1 aromatic heterocycles. The third kappa shape index (κ3) is 3.33. The van der Waals surface area contributed by atoms with Crippen LogP contribution in [0.1, 0.15) is 11.3 Å². The van der Waals surface area contributed by atoms with E-state index in [9.17, 15) is 5.11 Å². The van der Waals surface area contributed by atoms with Gasteiger partial charge in [0.25, 0.3) is 0 Å². The van der Waals surface area contributed by atoms with Crippen LogP contribution in [0.4, 0.5) is 5.69 Å². The number of phenols is 1. The highest BCUT2D eigenvalue weighted by molar-refractivity contribution is 9.10. The summed E-state index contributed by atoms with van der Waals surface area (Å²) < 4.78 is 5.68. The Balaban J connectivity index is 1.89. The maximum atomic E-state index is 9.84. The van der Waals surface area contributed by atoms with E-state index in [-0.39, 0.29) is 5.75 Å². The molecule has 1 heterocycles. The summed E-state index contributed by atoms with van der Waals surface area (Å²) in [6.07, 6.45) is 1.66. The fraction of sp³-hybridized carbons (Fsp3) is 0.111. The summed E-state index contributed by atoms with van der Waals surface area (Å²) in [4.78, 5) is 4.50. The van der Waals surface area contributed by atoms with Crippen LogP contribution in [0.25, 0.3) is 10.9 Å². The number of aryl methyl sites for hydroxylation is 1. The van der Waals surface area contributed by atoms with Crippen molar-refractivity contribution in [2.45, 2.75) is 6.92 Å². The van der Waals surface area contributed by atoms with Crippen LogP contribution in [0.5, 0.6) is 11.5 Å². The first kappa shape index (κ1) is 16.3. The van der Waals surface area contributed by atoms with Crippen LogP contribution in [-0.4, -0.2) is 23.4 Å². The van der Waals surface area contributed by atoms with Gasteiger partial charge in [0.1, 0.15) is 0 Å². The number of benzene rings is 2. The van der Waals surface area contributed by atoms with Gasteiger partial charge in [0.05, 0.1) is 29.0 Å². The highest BCUT2D eigenvalue weighted by atomic mass is 79.9. The number of phenolic OH excluding ortho intramolecular Hbond substituents is 1.